The molecule has 23 heavy (non-hydrogen) atoms. The number of carbonyl (C=O) groups is 1. The number of hydrogen-bond donors (Lipinski definition) is 0. The molecule has 1 aromatic carbocycles. The van der Waals surface area contributed by atoms with Crippen LogP contribution in [0.15, 0.2) is 48.8 Å². The maximum Gasteiger partial charge on any atom is 0.226 e. The van der Waals surface area contributed by atoms with Gasteiger partial charge in [-0.2, -0.15) is 0 Å². The Morgan fingerprint density at radius 3 is 2.65 bits per heavy atom. The monoisotopic (exact) mass is 308 g/mol. The van der Waals surface area contributed by atoms with E-state index in [1.165, 1.54) is 11.1 Å². The van der Waals surface area contributed by atoms with Crippen LogP contribution >= 0.6 is 0 Å². The van der Waals surface area contributed by atoms with E-state index in [0.29, 0.717) is 13.0 Å². The van der Waals surface area contributed by atoms with Crippen molar-refractivity contribution in [2.75, 3.05) is 13.1 Å². The lowest BCUT2D eigenvalue weighted by Gasteiger charge is -2.39. The van der Waals surface area contributed by atoms with Crippen molar-refractivity contribution in [3.63, 3.8) is 0 Å². The fourth-order valence-electron chi connectivity index (χ4n) is 3.70. The van der Waals surface area contributed by atoms with Gasteiger partial charge < -0.3 is 9.64 Å². The van der Waals surface area contributed by atoms with E-state index in [2.05, 4.69) is 29.2 Å². The maximum atomic E-state index is 12.5. The summed E-state index contributed by atoms with van der Waals surface area (Å²) in [6.45, 7) is 2.22. The molecule has 0 radical (unpaired) electrons. The number of pyridine rings is 1. The summed E-state index contributed by atoms with van der Waals surface area (Å²) in [5.41, 5.74) is 3.46. The molecule has 0 bridgehead atoms. The van der Waals surface area contributed by atoms with Gasteiger partial charge in [-0.3, -0.25) is 9.78 Å². The summed E-state index contributed by atoms with van der Waals surface area (Å²) in [7, 11) is 0. The molecule has 4 nitrogen and oxygen atoms in total. The Morgan fingerprint density at radius 1 is 1.13 bits per heavy atom. The van der Waals surface area contributed by atoms with Gasteiger partial charge in [0.25, 0.3) is 0 Å². The van der Waals surface area contributed by atoms with Crippen LogP contribution in [-0.4, -0.2) is 28.9 Å². The molecule has 2 aliphatic heterocycles. The summed E-state index contributed by atoms with van der Waals surface area (Å²) >= 11 is 0. The molecule has 1 saturated heterocycles. The second-order valence-electron chi connectivity index (χ2n) is 6.35. The van der Waals surface area contributed by atoms with E-state index in [9.17, 15) is 4.79 Å². The Hall–Kier alpha value is -2.20. The molecule has 0 N–H and O–H groups in total. The zero-order chi connectivity index (χ0) is 15.7. The molecule has 0 saturated carbocycles. The SMILES string of the molecule is O=C(Cc1ccncc1)N1CCC2(CC1)OCc1ccccc12. The Labute approximate surface area is 136 Å². The number of fused-ring (bicyclic) bond motifs is 2. The number of rotatable bonds is 2. The van der Waals surface area contributed by atoms with Crippen LogP contribution in [0.25, 0.3) is 0 Å². The van der Waals surface area contributed by atoms with Crippen LogP contribution in [0.2, 0.25) is 0 Å². The Balaban J connectivity index is 1.43. The van der Waals surface area contributed by atoms with Gasteiger partial charge in [-0.05, 0) is 41.7 Å². The molecule has 4 rings (SSSR count). The summed E-state index contributed by atoms with van der Waals surface area (Å²) < 4.78 is 6.15. The van der Waals surface area contributed by atoms with Gasteiger partial charge in [0.15, 0.2) is 0 Å². The van der Waals surface area contributed by atoms with Crippen molar-refractivity contribution >= 4 is 5.91 Å². The summed E-state index contributed by atoms with van der Waals surface area (Å²) in [4.78, 5) is 18.4. The highest BCUT2D eigenvalue weighted by Gasteiger charge is 2.42. The Morgan fingerprint density at radius 2 is 1.87 bits per heavy atom. The van der Waals surface area contributed by atoms with E-state index in [4.69, 9.17) is 4.74 Å². The molecule has 1 aromatic heterocycles. The van der Waals surface area contributed by atoms with Crippen molar-refractivity contribution in [1.29, 1.82) is 0 Å². The summed E-state index contributed by atoms with van der Waals surface area (Å²) in [6.07, 6.45) is 5.68. The summed E-state index contributed by atoms with van der Waals surface area (Å²) in [5.74, 6) is 0.192. The average Bonchev–Trinajstić information content (AvgIpc) is 2.95. The molecule has 0 atom stereocenters. The second-order valence-corrected chi connectivity index (χ2v) is 6.35. The fraction of sp³-hybridized carbons (Fsp3) is 0.368. The minimum Gasteiger partial charge on any atom is -0.365 e. The number of nitrogens with zero attached hydrogens (tertiary/aromatic N) is 2. The standard InChI is InChI=1S/C19H20N2O2/c22-18(13-15-5-9-20-10-6-15)21-11-7-19(8-12-21)17-4-2-1-3-16(17)14-23-19/h1-6,9-10H,7-8,11-14H2. The zero-order valence-electron chi connectivity index (χ0n) is 13.1. The number of piperidine rings is 1. The van der Waals surface area contributed by atoms with Crippen LogP contribution in [0.5, 0.6) is 0 Å². The van der Waals surface area contributed by atoms with Crippen LogP contribution in [0, 0.1) is 0 Å². The third-order valence-electron chi connectivity index (χ3n) is 5.04. The van der Waals surface area contributed by atoms with Gasteiger partial charge in [-0.1, -0.05) is 24.3 Å². The largest absolute Gasteiger partial charge is 0.365 e. The average molecular weight is 308 g/mol. The van der Waals surface area contributed by atoms with Gasteiger partial charge in [0.2, 0.25) is 5.91 Å². The lowest BCUT2D eigenvalue weighted by molar-refractivity contribution is -0.137. The molecule has 0 aliphatic carbocycles. The molecular formula is C19H20N2O2. The van der Waals surface area contributed by atoms with Crippen molar-refractivity contribution in [2.24, 2.45) is 0 Å². The van der Waals surface area contributed by atoms with E-state index >= 15 is 0 Å². The molecule has 2 aliphatic rings. The van der Waals surface area contributed by atoms with Crippen molar-refractivity contribution in [1.82, 2.24) is 9.88 Å². The van der Waals surface area contributed by atoms with E-state index in [-0.39, 0.29) is 11.5 Å². The number of likely N-dealkylation sites (tertiary alicyclic amines) is 1. The van der Waals surface area contributed by atoms with E-state index < -0.39 is 0 Å². The zero-order valence-corrected chi connectivity index (χ0v) is 13.1. The molecule has 0 unspecified atom stereocenters. The molecular weight excluding hydrogens is 288 g/mol. The third-order valence-corrected chi connectivity index (χ3v) is 5.04. The summed E-state index contributed by atoms with van der Waals surface area (Å²) in [6, 6.07) is 12.3. The van der Waals surface area contributed by atoms with Gasteiger partial charge in [-0.25, -0.2) is 0 Å². The van der Waals surface area contributed by atoms with Gasteiger partial charge in [0.1, 0.15) is 0 Å². The fourth-order valence-corrected chi connectivity index (χ4v) is 3.70. The molecule has 1 fully saturated rings. The topological polar surface area (TPSA) is 42.4 Å². The Kier molecular flexibility index (Phi) is 3.62. The van der Waals surface area contributed by atoms with Crippen molar-refractivity contribution in [3.8, 4) is 0 Å². The van der Waals surface area contributed by atoms with E-state index in [1.54, 1.807) is 12.4 Å². The lowest BCUT2D eigenvalue weighted by Crippen LogP contribution is -2.45. The normalized spacial score (nSPS) is 18.9. The van der Waals surface area contributed by atoms with Crippen LogP contribution in [0.4, 0.5) is 0 Å². The quantitative estimate of drug-likeness (QED) is 0.856. The van der Waals surface area contributed by atoms with Crippen LogP contribution < -0.4 is 0 Å². The number of aromatic nitrogens is 1. The lowest BCUT2D eigenvalue weighted by atomic mass is 9.83. The van der Waals surface area contributed by atoms with Crippen molar-refractivity contribution in [2.45, 2.75) is 31.5 Å². The molecule has 118 valence electrons. The molecule has 4 heteroatoms. The van der Waals surface area contributed by atoms with Crippen molar-refractivity contribution < 1.29 is 9.53 Å². The second kappa shape index (κ2) is 5.78. The molecule has 2 aromatic rings. The van der Waals surface area contributed by atoms with Crippen LogP contribution in [0.1, 0.15) is 29.5 Å². The first-order chi connectivity index (χ1) is 11.3. The third kappa shape index (κ3) is 2.63. The predicted octanol–water partition coefficient (Wildman–Crippen LogP) is 2.67. The number of ether oxygens (including phenoxy) is 1. The first-order valence-corrected chi connectivity index (χ1v) is 8.16. The van der Waals surface area contributed by atoms with Gasteiger partial charge >= 0.3 is 0 Å². The highest BCUT2D eigenvalue weighted by molar-refractivity contribution is 5.78. The molecule has 1 amide bonds. The van der Waals surface area contributed by atoms with E-state index in [0.717, 1.165) is 31.5 Å². The first kappa shape index (κ1) is 14.4. The number of amides is 1. The maximum absolute atomic E-state index is 12.5. The number of carbonyl (C=O) groups excluding carboxylic acids is 1. The van der Waals surface area contributed by atoms with E-state index in [1.807, 2.05) is 17.0 Å². The van der Waals surface area contributed by atoms with Gasteiger partial charge in [0.05, 0.1) is 18.6 Å². The molecule has 3 heterocycles. The highest BCUT2D eigenvalue weighted by atomic mass is 16.5. The van der Waals surface area contributed by atoms with Gasteiger partial charge in [-0.15, -0.1) is 0 Å². The minimum atomic E-state index is -0.177. The minimum absolute atomic E-state index is 0.177. The highest BCUT2D eigenvalue weighted by Crippen LogP contribution is 2.43. The Bertz CT molecular complexity index is 706. The summed E-state index contributed by atoms with van der Waals surface area (Å²) in [5, 5.41) is 0. The number of benzene rings is 1. The van der Waals surface area contributed by atoms with Gasteiger partial charge in [0, 0.05) is 25.5 Å². The molecule has 1 spiro atoms. The van der Waals surface area contributed by atoms with Crippen molar-refractivity contribution in [3.05, 3.63) is 65.5 Å². The predicted molar refractivity (Wildman–Crippen MR) is 86.7 cm³/mol. The first-order valence-electron chi connectivity index (χ1n) is 8.16. The number of hydrogen-bond acceptors (Lipinski definition) is 3. The van der Waals surface area contributed by atoms with Crippen LogP contribution in [0.3, 0.4) is 0 Å². The van der Waals surface area contributed by atoms with Crippen LogP contribution in [-0.2, 0) is 28.2 Å². The smallest absolute Gasteiger partial charge is 0.226 e.